The number of aliphatic hydroxyl groups is 2. The number of aliphatic hydroxyl groups excluding tert-OH is 2. The normalized spacial score (nSPS) is 13.7. The van der Waals surface area contributed by atoms with E-state index in [-0.39, 0.29) is 28.9 Å². The van der Waals surface area contributed by atoms with Crippen LogP contribution < -0.4 is 5.32 Å². The van der Waals surface area contributed by atoms with Crippen LogP contribution in [0.4, 0.5) is 5.69 Å². The van der Waals surface area contributed by atoms with Gasteiger partial charge >= 0.3 is 5.69 Å². The van der Waals surface area contributed by atoms with Crippen molar-refractivity contribution in [1.82, 2.24) is 10.3 Å². The van der Waals surface area contributed by atoms with E-state index in [4.69, 9.17) is 11.6 Å². The third kappa shape index (κ3) is 3.86. The molecule has 1 amide bonds. The molecule has 0 spiro atoms. The highest BCUT2D eigenvalue weighted by atomic mass is 35.5. The van der Waals surface area contributed by atoms with E-state index in [1.54, 1.807) is 0 Å². The molecule has 1 rings (SSSR count). The molecule has 0 aliphatic heterocycles. The van der Waals surface area contributed by atoms with E-state index in [0.29, 0.717) is 0 Å². The van der Waals surface area contributed by atoms with E-state index in [9.17, 15) is 25.1 Å². The summed E-state index contributed by atoms with van der Waals surface area (Å²) in [5, 5.41) is 32.5. The van der Waals surface area contributed by atoms with Crippen LogP contribution in [0, 0.1) is 17.0 Å². The van der Waals surface area contributed by atoms with Crippen LogP contribution in [0.5, 0.6) is 0 Å². The van der Waals surface area contributed by atoms with E-state index in [0.717, 1.165) is 6.07 Å². The van der Waals surface area contributed by atoms with Crippen LogP contribution in [0.25, 0.3) is 0 Å². The monoisotopic (exact) mass is 303 g/mol. The van der Waals surface area contributed by atoms with E-state index < -0.39 is 22.8 Å². The summed E-state index contributed by atoms with van der Waals surface area (Å²) < 4.78 is 0. The molecule has 0 fully saturated rings. The Hall–Kier alpha value is -1.77. The molecule has 8 nitrogen and oxygen atoms in total. The Morgan fingerprint density at radius 2 is 2.20 bits per heavy atom. The number of carbonyl (C=O) groups is 1. The first-order valence-corrected chi connectivity index (χ1v) is 6.03. The zero-order valence-electron chi connectivity index (χ0n) is 10.8. The molecular formula is C11H14ClN3O5. The van der Waals surface area contributed by atoms with Gasteiger partial charge in [-0.2, -0.15) is 0 Å². The van der Waals surface area contributed by atoms with Crippen molar-refractivity contribution in [1.29, 1.82) is 0 Å². The minimum Gasteiger partial charge on any atom is -0.388 e. The summed E-state index contributed by atoms with van der Waals surface area (Å²) in [4.78, 5) is 24.5. The van der Waals surface area contributed by atoms with E-state index >= 15 is 0 Å². The smallest absolute Gasteiger partial charge is 0.306 e. The lowest BCUT2D eigenvalue weighted by atomic mass is 10.0. The number of rotatable bonds is 5. The number of nitro groups is 1. The zero-order valence-corrected chi connectivity index (χ0v) is 11.6. The van der Waals surface area contributed by atoms with Crippen molar-refractivity contribution >= 4 is 23.2 Å². The van der Waals surface area contributed by atoms with E-state index in [1.165, 1.54) is 13.8 Å². The van der Waals surface area contributed by atoms with Gasteiger partial charge in [-0.15, -0.1) is 0 Å². The van der Waals surface area contributed by atoms with Crippen molar-refractivity contribution in [3.05, 3.63) is 32.6 Å². The van der Waals surface area contributed by atoms with Crippen molar-refractivity contribution in [2.24, 2.45) is 0 Å². The Morgan fingerprint density at radius 3 is 2.70 bits per heavy atom. The quantitative estimate of drug-likeness (QED) is 0.413. The molecule has 1 heterocycles. The number of pyridine rings is 1. The molecule has 1 aromatic rings. The standard InChI is InChI=1S/C11H14ClN3O5/c1-5-7(3-8(15(19)20)11(12)14-5)10(18)9(17)4-13-6(2)16/h3,9-10,17-18H,4H2,1-2H3,(H,13,16). The minimum absolute atomic E-state index is 0.0824. The molecule has 1 aromatic heterocycles. The maximum absolute atomic E-state index is 10.8. The second kappa shape index (κ2) is 6.60. The molecule has 0 radical (unpaired) electrons. The zero-order chi connectivity index (χ0) is 15.4. The molecule has 2 unspecified atom stereocenters. The van der Waals surface area contributed by atoms with Crippen LogP contribution in [-0.4, -0.2) is 38.7 Å². The highest BCUT2D eigenvalue weighted by Gasteiger charge is 2.25. The number of halogens is 1. The second-order valence-corrected chi connectivity index (χ2v) is 4.54. The van der Waals surface area contributed by atoms with Crippen molar-refractivity contribution in [2.75, 3.05) is 6.54 Å². The predicted molar refractivity (Wildman–Crippen MR) is 70.3 cm³/mol. The van der Waals surface area contributed by atoms with E-state index in [1.807, 2.05) is 0 Å². The fourth-order valence-electron chi connectivity index (χ4n) is 1.57. The first-order valence-electron chi connectivity index (χ1n) is 5.66. The molecule has 9 heteroatoms. The Morgan fingerprint density at radius 1 is 1.60 bits per heavy atom. The van der Waals surface area contributed by atoms with Crippen LogP contribution in [0.2, 0.25) is 5.15 Å². The first kappa shape index (κ1) is 16.3. The van der Waals surface area contributed by atoms with Gasteiger partial charge in [0.25, 0.3) is 0 Å². The fraction of sp³-hybridized carbons (Fsp3) is 0.455. The average Bonchev–Trinajstić information content (AvgIpc) is 2.34. The third-order valence-electron chi connectivity index (χ3n) is 2.63. The van der Waals surface area contributed by atoms with Gasteiger partial charge in [-0.1, -0.05) is 11.6 Å². The summed E-state index contributed by atoms with van der Waals surface area (Å²) in [5.41, 5.74) is -0.119. The lowest BCUT2D eigenvalue weighted by Crippen LogP contribution is -2.34. The van der Waals surface area contributed by atoms with Gasteiger partial charge in [-0.25, -0.2) is 4.98 Å². The Balaban J connectivity index is 3.02. The first-order chi connectivity index (χ1) is 9.23. The molecule has 0 saturated carbocycles. The average molecular weight is 304 g/mol. The number of aromatic nitrogens is 1. The molecule has 2 atom stereocenters. The van der Waals surface area contributed by atoms with Gasteiger partial charge in [0.2, 0.25) is 11.1 Å². The summed E-state index contributed by atoms with van der Waals surface area (Å²) in [6.45, 7) is 2.57. The Kier molecular flexibility index (Phi) is 5.37. The van der Waals surface area contributed by atoms with Gasteiger partial charge in [0.1, 0.15) is 12.2 Å². The number of hydrogen-bond acceptors (Lipinski definition) is 6. The number of nitrogens with one attached hydrogen (secondary N) is 1. The van der Waals surface area contributed by atoms with Gasteiger partial charge < -0.3 is 15.5 Å². The second-order valence-electron chi connectivity index (χ2n) is 4.18. The summed E-state index contributed by atoms with van der Waals surface area (Å²) in [6.07, 6.45) is -2.74. The van der Waals surface area contributed by atoms with E-state index in [2.05, 4.69) is 10.3 Å². The third-order valence-corrected chi connectivity index (χ3v) is 2.91. The highest BCUT2D eigenvalue weighted by Crippen LogP contribution is 2.29. The molecule has 20 heavy (non-hydrogen) atoms. The van der Waals surface area contributed by atoms with Crippen LogP contribution in [0.15, 0.2) is 6.07 Å². The Labute approximate surface area is 119 Å². The van der Waals surface area contributed by atoms with Gasteiger partial charge in [0, 0.05) is 30.8 Å². The number of nitrogens with zero attached hydrogens (tertiary/aromatic N) is 2. The SMILES string of the molecule is CC(=O)NCC(O)C(O)c1cc([N+](=O)[O-])c(Cl)nc1C. The van der Waals surface area contributed by atoms with Crippen molar-refractivity contribution in [3.8, 4) is 0 Å². The molecule has 110 valence electrons. The Bertz CT molecular complexity index is 537. The fourth-order valence-corrected chi connectivity index (χ4v) is 1.83. The summed E-state index contributed by atoms with van der Waals surface area (Å²) in [7, 11) is 0. The molecule has 0 bridgehead atoms. The van der Waals surface area contributed by atoms with Crippen molar-refractivity contribution in [3.63, 3.8) is 0 Å². The number of hydrogen-bond donors (Lipinski definition) is 3. The molecule has 0 aliphatic rings. The van der Waals surface area contributed by atoms with Gasteiger partial charge in [-0.05, 0) is 6.92 Å². The lowest BCUT2D eigenvalue weighted by Gasteiger charge is -2.19. The lowest BCUT2D eigenvalue weighted by molar-refractivity contribution is -0.385. The largest absolute Gasteiger partial charge is 0.388 e. The maximum atomic E-state index is 10.8. The molecule has 0 aliphatic carbocycles. The maximum Gasteiger partial charge on any atom is 0.306 e. The van der Waals surface area contributed by atoms with Gasteiger partial charge in [-0.3, -0.25) is 14.9 Å². The van der Waals surface area contributed by atoms with Crippen molar-refractivity contribution < 1.29 is 19.9 Å². The number of aryl methyl sites for hydroxylation is 1. The number of carbonyl (C=O) groups excluding carboxylic acids is 1. The van der Waals surface area contributed by atoms with Crippen LogP contribution in [-0.2, 0) is 4.79 Å². The van der Waals surface area contributed by atoms with Crippen LogP contribution in [0.1, 0.15) is 24.3 Å². The summed E-state index contributed by atoms with van der Waals surface area (Å²) >= 11 is 5.63. The molecule has 0 saturated heterocycles. The molecule has 3 N–H and O–H groups in total. The van der Waals surface area contributed by atoms with Crippen molar-refractivity contribution in [2.45, 2.75) is 26.1 Å². The van der Waals surface area contributed by atoms with Crippen LogP contribution >= 0.6 is 11.6 Å². The summed E-state index contributed by atoms with van der Waals surface area (Å²) in [5.74, 6) is -0.367. The minimum atomic E-state index is -1.43. The molecule has 0 aromatic carbocycles. The predicted octanol–water partition coefficient (Wildman–Crippen LogP) is 0.482. The highest BCUT2D eigenvalue weighted by molar-refractivity contribution is 6.31. The van der Waals surface area contributed by atoms with Gasteiger partial charge in [0.15, 0.2) is 0 Å². The number of amides is 1. The van der Waals surface area contributed by atoms with Gasteiger partial charge in [0.05, 0.1) is 4.92 Å². The topological polar surface area (TPSA) is 126 Å². The van der Waals surface area contributed by atoms with Crippen LogP contribution in [0.3, 0.4) is 0 Å². The molecular weight excluding hydrogens is 290 g/mol. The summed E-state index contributed by atoms with van der Waals surface area (Å²) in [6, 6.07) is 1.06.